The summed E-state index contributed by atoms with van der Waals surface area (Å²) in [6.45, 7) is 6.39. The molecule has 0 atom stereocenters. The van der Waals surface area contributed by atoms with Gasteiger partial charge in [-0.2, -0.15) is 18.3 Å². The normalized spacial score (nSPS) is 16.0. The minimum Gasteiger partial charge on any atom is -0.383 e. The highest BCUT2D eigenvalue weighted by Crippen LogP contribution is 2.34. The second-order valence-corrected chi connectivity index (χ2v) is 9.12. The molecular formula is C22H25F3N6O. The molecule has 0 unspecified atom stereocenters. The third kappa shape index (κ3) is 4.13. The van der Waals surface area contributed by atoms with Crippen LogP contribution in [0.25, 0.3) is 5.65 Å². The lowest BCUT2D eigenvalue weighted by Crippen LogP contribution is -2.38. The van der Waals surface area contributed by atoms with Gasteiger partial charge in [-0.15, -0.1) is 0 Å². The van der Waals surface area contributed by atoms with Gasteiger partial charge in [0.25, 0.3) is 5.91 Å². The number of hydrogen-bond donors (Lipinski definition) is 1. The minimum absolute atomic E-state index is 0.0637. The van der Waals surface area contributed by atoms with E-state index in [1.165, 1.54) is 6.20 Å². The second-order valence-electron chi connectivity index (χ2n) is 9.12. The average Bonchev–Trinajstić information content (AvgIpc) is 3.16. The number of carbonyl (C=O) groups excluding carboxylic acids is 1. The number of fused-ring (bicyclic) bond motifs is 1. The first-order valence-electron chi connectivity index (χ1n) is 10.4. The number of amides is 1. The number of halogens is 3. The summed E-state index contributed by atoms with van der Waals surface area (Å²) in [5.74, 6) is -0.0774. The molecule has 0 bridgehead atoms. The number of likely N-dealkylation sites (tertiary alicyclic amines) is 1. The average molecular weight is 446 g/mol. The summed E-state index contributed by atoms with van der Waals surface area (Å²) in [7, 11) is 0. The van der Waals surface area contributed by atoms with Crippen LogP contribution in [0.3, 0.4) is 0 Å². The molecule has 170 valence electrons. The second kappa shape index (κ2) is 7.75. The van der Waals surface area contributed by atoms with Crippen LogP contribution >= 0.6 is 0 Å². The number of aromatic nitrogens is 4. The number of alkyl halides is 3. The zero-order chi connectivity index (χ0) is 23.3. The molecule has 4 rings (SSSR count). The Balaban J connectivity index is 1.59. The molecule has 1 aliphatic rings. The van der Waals surface area contributed by atoms with Crippen LogP contribution in [0.2, 0.25) is 0 Å². The van der Waals surface area contributed by atoms with Crippen LogP contribution < -0.4 is 5.73 Å². The Kier molecular flexibility index (Phi) is 5.34. The Morgan fingerprint density at radius 3 is 2.44 bits per heavy atom. The first-order chi connectivity index (χ1) is 14.9. The summed E-state index contributed by atoms with van der Waals surface area (Å²) in [6.07, 6.45) is -1.85. The van der Waals surface area contributed by atoms with Gasteiger partial charge in [0.2, 0.25) is 0 Å². The number of nitrogens with two attached hydrogens (primary N) is 1. The first-order valence-corrected chi connectivity index (χ1v) is 10.4. The zero-order valence-electron chi connectivity index (χ0n) is 18.1. The van der Waals surface area contributed by atoms with Gasteiger partial charge in [0.05, 0.1) is 17.0 Å². The highest BCUT2D eigenvalue weighted by atomic mass is 19.4. The maximum atomic E-state index is 13.7. The molecule has 32 heavy (non-hydrogen) atoms. The van der Waals surface area contributed by atoms with Crippen molar-refractivity contribution in [2.45, 2.75) is 51.1 Å². The van der Waals surface area contributed by atoms with E-state index < -0.39 is 17.3 Å². The lowest BCUT2D eigenvalue weighted by atomic mass is 9.91. The smallest absolute Gasteiger partial charge is 0.383 e. The summed E-state index contributed by atoms with van der Waals surface area (Å²) < 4.78 is 42.1. The molecule has 1 aliphatic heterocycles. The van der Waals surface area contributed by atoms with E-state index in [0.29, 0.717) is 42.9 Å². The molecule has 10 heteroatoms. The summed E-state index contributed by atoms with van der Waals surface area (Å²) in [6, 6.07) is 6.00. The fourth-order valence-electron chi connectivity index (χ4n) is 3.92. The van der Waals surface area contributed by atoms with Crippen LogP contribution in [-0.2, 0) is 11.6 Å². The summed E-state index contributed by atoms with van der Waals surface area (Å²) >= 11 is 0. The van der Waals surface area contributed by atoms with Gasteiger partial charge in [0, 0.05) is 36.7 Å². The minimum atomic E-state index is -4.55. The van der Waals surface area contributed by atoms with Crippen LogP contribution in [0, 0.1) is 0 Å². The van der Waals surface area contributed by atoms with E-state index in [1.807, 2.05) is 20.8 Å². The van der Waals surface area contributed by atoms with Crippen molar-refractivity contribution in [2.75, 3.05) is 18.8 Å². The van der Waals surface area contributed by atoms with Crippen LogP contribution in [0.1, 0.15) is 67.0 Å². The standard InChI is InChI=1S/C22H25F3N6O/c1-21(2,3)16-12-17(22(23,24)25)31-18(28-16)11-15(29-31)13-6-9-30(10-7-13)20(32)14-5-4-8-27-19(14)26/h4-5,8,11-13H,6-7,9-10H2,1-3H3,(H2,26,27). The molecule has 3 aromatic rings. The predicted molar refractivity (Wildman–Crippen MR) is 113 cm³/mol. The van der Waals surface area contributed by atoms with E-state index in [4.69, 9.17) is 5.73 Å². The third-order valence-electron chi connectivity index (χ3n) is 5.77. The van der Waals surface area contributed by atoms with Crippen molar-refractivity contribution in [3.05, 3.63) is 53.1 Å². The Hall–Kier alpha value is -3.17. The number of nitrogen functional groups attached to an aromatic ring is 1. The maximum Gasteiger partial charge on any atom is 0.433 e. The molecule has 1 saturated heterocycles. The summed E-state index contributed by atoms with van der Waals surface area (Å²) in [5, 5.41) is 4.27. The molecule has 3 aromatic heterocycles. The molecule has 0 saturated carbocycles. The van der Waals surface area contributed by atoms with E-state index in [1.54, 1.807) is 23.1 Å². The van der Waals surface area contributed by atoms with E-state index in [0.717, 1.165) is 10.6 Å². The number of pyridine rings is 1. The number of rotatable bonds is 2. The Bertz CT molecular complexity index is 1160. The summed E-state index contributed by atoms with van der Waals surface area (Å²) in [5.41, 5.74) is 5.89. The highest BCUT2D eigenvalue weighted by Gasteiger charge is 2.37. The van der Waals surface area contributed by atoms with Gasteiger partial charge in [-0.3, -0.25) is 4.79 Å². The SMILES string of the molecule is CC(C)(C)c1cc(C(F)(F)F)n2nc(C3CCN(C(=O)c4cccnc4N)CC3)cc2n1. The van der Waals surface area contributed by atoms with Gasteiger partial charge in [-0.25, -0.2) is 14.5 Å². The predicted octanol–water partition coefficient (Wildman–Crippen LogP) is 4.04. The van der Waals surface area contributed by atoms with Crippen LogP contribution in [-0.4, -0.2) is 43.5 Å². The van der Waals surface area contributed by atoms with Crippen molar-refractivity contribution in [3.8, 4) is 0 Å². The monoisotopic (exact) mass is 446 g/mol. The Morgan fingerprint density at radius 2 is 1.84 bits per heavy atom. The molecule has 1 fully saturated rings. The van der Waals surface area contributed by atoms with Gasteiger partial charge >= 0.3 is 6.18 Å². The zero-order valence-corrected chi connectivity index (χ0v) is 18.1. The van der Waals surface area contributed by atoms with Crippen LogP contribution in [0.4, 0.5) is 19.0 Å². The molecule has 0 spiro atoms. The molecular weight excluding hydrogens is 421 g/mol. The van der Waals surface area contributed by atoms with Crippen molar-refractivity contribution < 1.29 is 18.0 Å². The molecule has 0 aromatic carbocycles. The van der Waals surface area contributed by atoms with Crippen molar-refractivity contribution in [1.29, 1.82) is 0 Å². The first kappa shape index (κ1) is 22.0. The topological polar surface area (TPSA) is 89.4 Å². The van der Waals surface area contributed by atoms with Crippen molar-refractivity contribution in [1.82, 2.24) is 24.5 Å². The number of carbonyl (C=O) groups is 1. The number of anilines is 1. The van der Waals surface area contributed by atoms with Crippen molar-refractivity contribution >= 4 is 17.4 Å². The molecule has 1 amide bonds. The van der Waals surface area contributed by atoms with E-state index in [9.17, 15) is 18.0 Å². The van der Waals surface area contributed by atoms with Crippen LogP contribution in [0.15, 0.2) is 30.5 Å². The third-order valence-corrected chi connectivity index (χ3v) is 5.77. The molecule has 0 aliphatic carbocycles. The van der Waals surface area contributed by atoms with Gasteiger partial charge in [-0.1, -0.05) is 20.8 Å². The Morgan fingerprint density at radius 1 is 1.16 bits per heavy atom. The van der Waals surface area contributed by atoms with Crippen LogP contribution in [0.5, 0.6) is 0 Å². The van der Waals surface area contributed by atoms with Crippen molar-refractivity contribution in [2.24, 2.45) is 0 Å². The molecule has 4 heterocycles. The van der Waals surface area contributed by atoms with Gasteiger partial charge < -0.3 is 10.6 Å². The fraction of sp³-hybridized carbons (Fsp3) is 0.455. The molecule has 0 radical (unpaired) electrons. The van der Waals surface area contributed by atoms with E-state index >= 15 is 0 Å². The lowest BCUT2D eigenvalue weighted by molar-refractivity contribution is -0.142. The Labute approximate surface area is 183 Å². The summed E-state index contributed by atoms with van der Waals surface area (Å²) in [4.78, 5) is 22.8. The van der Waals surface area contributed by atoms with E-state index in [-0.39, 0.29) is 23.3 Å². The molecule has 2 N–H and O–H groups in total. The van der Waals surface area contributed by atoms with Gasteiger partial charge in [0.15, 0.2) is 5.65 Å². The van der Waals surface area contributed by atoms with Gasteiger partial charge in [0.1, 0.15) is 11.5 Å². The highest BCUT2D eigenvalue weighted by molar-refractivity contribution is 5.98. The van der Waals surface area contributed by atoms with Gasteiger partial charge in [-0.05, 0) is 31.0 Å². The van der Waals surface area contributed by atoms with E-state index in [2.05, 4.69) is 15.1 Å². The largest absolute Gasteiger partial charge is 0.433 e. The molecule has 7 nitrogen and oxygen atoms in total. The van der Waals surface area contributed by atoms with Crippen molar-refractivity contribution in [3.63, 3.8) is 0 Å². The number of nitrogens with zero attached hydrogens (tertiary/aromatic N) is 5. The fourth-order valence-corrected chi connectivity index (χ4v) is 3.92. The maximum absolute atomic E-state index is 13.7. The number of piperidine rings is 1. The number of hydrogen-bond acceptors (Lipinski definition) is 5. The lowest BCUT2D eigenvalue weighted by Gasteiger charge is -2.31. The quantitative estimate of drug-likeness (QED) is 0.642.